The number of nitrogens with zero attached hydrogens (tertiary/aromatic N) is 3. The number of aromatic nitrogens is 2. The molecule has 17 heavy (non-hydrogen) atoms. The van der Waals surface area contributed by atoms with Gasteiger partial charge in [-0.1, -0.05) is 0 Å². The number of carbonyl (C=O) groups is 1. The Hall–Kier alpha value is -1.50. The van der Waals surface area contributed by atoms with E-state index in [0.29, 0.717) is 24.0 Å². The molecule has 1 atom stereocenters. The van der Waals surface area contributed by atoms with Crippen LogP contribution in [0, 0.1) is 0 Å². The van der Waals surface area contributed by atoms with E-state index < -0.39 is 12.0 Å². The molecule has 7 heteroatoms. The third-order valence-electron chi connectivity index (χ3n) is 2.52. The average molecular weight is 255 g/mol. The lowest BCUT2D eigenvalue weighted by molar-refractivity contribution is -0.138. The van der Waals surface area contributed by atoms with Gasteiger partial charge in [0, 0.05) is 18.1 Å². The summed E-state index contributed by atoms with van der Waals surface area (Å²) >= 11 is 1.64. The molecule has 1 fully saturated rings. The molecule has 1 aromatic rings. The van der Waals surface area contributed by atoms with Crippen LogP contribution in [0.1, 0.15) is 0 Å². The number of carboxylic acids is 1. The van der Waals surface area contributed by atoms with Crippen molar-refractivity contribution < 1.29 is 14.6 Å². The van der Waals surface area contributed by atoms with Gasteiger partial charge in [-0.15, -0.1) is 0 Å². The Morgan fingerprint density at radius 2 is 2.47 bits per heavy atom. The van der Waals surface area contributed by atoms with E-state index in [2.05, 4.69) is 9.97 Å². The number of thioether (sulfide) groups is 1. The normalized spacial score (nSPS) is 20.1. The zero-order valence-corrected chi connectivity index (χ0v) is 10.2. The van der Waals surface area contributed by atoms with Crippen LogP contribution in [0.15, 0.2) is 12.4 Å². The summed E-state index contributed by atoms with van der Waals surface area (Å²) in [5.74, 6) is 1.57. The van der Waals surface area contributed by atoms with Gasteiger partial charge >= 0.3 is 5.97 Å². The number of ether oxygens (including phenoxy) is 1. The van der Waals surface area contributed by atoms with Crippen molar-refractivity contribution in [3.63, 3.8) is 0 Å². The first-order chi connectivity index (χ1) is 8.22. The monoisotopic (exact) mass is 255 g/mol. The number of hydrogen-bond donors (Lipinski definition) is 1. The third-order valence-corrected chi connectivity index (χ3v) is 3.54. The van der Waals surface area contributed by atoms with E-state index in [-0.39, 0.29) is 0 Å². The summed E-state index contributed by atoms with van der Waals surface area (Å²) in [7, 11) is 1.51. The van der Waals surface area contributed by atoms with Crippen LogP contribution >= 0.6 is 11.8 Å². The van der Waals surface area contributed by atoms with Crippen molar-refractivity contribution in [2.45, 2.75) is 6.04 Å². The summed E-state index contributed by atoms with van der Waals surface area (Å²) in [6, 6.07) is -0.546. The highest BCUT2D eigenvalue weighted by atomic mass is 32.2. The molecule has 92 valence electrons. The second kappa shape index (κ2) is 5.22. The lowest BCUT2D eigenvalue weighted by Gasteiger charge is -2.33. The van der Waals surface area contributed by atoms with E-state index in [1.807, 2.05) is 0 Å². The van der Waals surface area contributed by atoms with Crippen molar-refractivity contribution in [3.8, 4) is 5.88 Å². The van der Waals surface area contributed by atoms with Crippen LogP contribution < -0.4 is 9.64 Å². The molecule has 1 aliphatic heterocycles. The predicted molar refractivity (Wildman–Crippen MR) is 64.7 cm³/mol. The molecule has 1 aromatic heterocycles. The lowest BCUT2D eigenvalue weighted by atomic mass is 10.3. The minimum atomic E-state index is -0.832. The fraction of sp³-hybridized carbons (Fsp3) is 0.500. The first-order valence-electron chi connectivity index (χ1n) is 5.15. The Bertz CT molecular complexity index is 416. The van der Waals surface area contributed by atoms with Gasteiger partial charge in [-0.2, -0.15) is 16.7 Å². The molecule has 1 saturated heterocycles. The Balaban J connectivity index is 2.26. The van der Waals surface area contributed by atoms with Gasteiger partial charge in [0.1, 0.15) is 6.04 Å². The second-order valence-corrected chi connectivity index (χ2v) is 4.69. The van der Waals surface area contributed by atoms with Crippen LogP contribution in [0.25, 0.3) is 0 Å². The maximum atomic E-state index is 11.2. The number of methoxy groups -OCH3 is 1. The van der Waals surface area contributed by atoms with E-state index in [1.54, 1.807) is 22.9 Å². The first-order valence-corrected chi connectivity index (χ1v) is 6.31. The summed E-state index contributed by atoms with van der Waals surface area (Å²) < 4.78 is 4.99. The van der Waals surface area contributed by atoms with Crippen molar-refractivity contribution in [1.29, 1.82) is 0 Å². The van der Waals surface area contributed by atoms with Crippen LogP contribution in [0.5, 0.6) is 5.88 Å². The SMILES string of the molecule is COc1cncc(N2CCSCC2C(=O)O)n1. The van der Waals surface area contributed by atoms with Gasteiger partial charge in [-0.25, -0.2) is 4.79 Å². The molecule has 1 N–H and O–H groups in total. The molecule has 2 heterocycles. The van der Waals surface area contributed by atoms with Crippen molar-refractivity contribution in [2.24, 2.45) is 0 Å². The highest BCUT2D eigenvalue weighted by molar-refractivity contribution is 7.99. The Morgan fingerprint density at radius 1 is 1.65 bits per heavy atom. The molecular formula is C10H13N3O3S. The summed E-state index contributed by atoms with van der Waals surface area (Å²) in [6.45, 7) is 0.656. The fourth-order valence-electron chi connectivity index (χ4n) is 1.66. The molecule has 0 aromatic carbocycles. The van der Waals surface area contributed by atoms with Gasteiger partial charge < -0.3 is 14.7 Å². The first kappa shape index (κ1) is 12.0. The summed E-state index contributed by atoms with van der Waals surface area (Å²) in [5, 5.41) is 9.16. The van der Waals surface area contributed by atoms with E-state index in [0.717, 1.165) is 5.75 Å². The standard InChI is InChI=1S/C10H13N3O3S/c1-16-9-5-11-4-8(12-9)13-2-3-17-6-7(13)10(14)15/h4-5,7H,2-3,6H2,1H3,(H,14,15). The van der Waals surface area contributed by atoms with Crippen LogP contribution in [-0.2, 0) is 4.79 Å². The molecule has 1 aliphatic rings. The van der Waals surface area contributed by atoms with Crippen molar-refractivity contribution in [1.82, 2.24) is 9.97 Å². The summed E-state index contributed by atoms with van der Waals surface area (Å²) in [6.07, 6.45) is 3.06. The number of rotatable bonds is 3. The van der Waals surface area contributed by atoms with Crippen LogP contribution in [0.2, 0.25) is 0 Å². The quantitative estimate of drug-likeness (QED) is 0.842. The molecular weight excluding hydrogens is 242 g/mol. The molecule has 0 amide bonds. The maximum absolute atomic E-state index is 11.2. The minimum Gasteiger partial charge on any atom is -0.480 e. The summed E-state index contributed by atoms with van der Waals surface area (Å²) in [4.78, 5) is 21.1. The van der Waals surface area contributed by atoms with Crippen LogP contribution in [0.3, 0.4) is 0 Å². The number of anilines is 1. The van der Waals surface area contributed by atoms with Crippen molar-refractivity contribution in [2.75, 3.05) is 30.1 Å². The van der Waals surface area contributed by atoms with Crippen LogP contribution in [-0.4, -0.2) is 52.2 Å². The zero-order valence-electron chi connectivity index (χ0n) is 9.37. The number of hydrogen-bond acceptors (Lipinski definition) is 6. The van der Waals surface area contributed by atoms with Crippen LogP contribution in [0.4, 0.5) is 5.82 Å². The van der Waals surface area contributed by atoms with E-state index in [1.165, 1.54) is 13.3 Å². The molecule has 0 aliphatic carbocycles. The van der Waals surface area contributed by atoms with Gasteiger partial charge in [0.2, 0.25) is 5.88 Å². The third kappa shape index (κ3) is 2.60. The lowest BCUT2D eigenvalue weighted by Crippen LogP contribution is -2.47. The highest BCUT2D eigenvalue weighted by Crippen LogP contribution is 2.23. The average Bonchev–Trinajstić information content (AvgIpc) is 2.39. The van der Waals surface area contributed by atoms with E-state index in [9.17, 15) is 4.79 Å². The van der Waals surface area contributed by atoms with Gasteiger partial charge in [0.15, 0.2) is 5.82 Å². The molecule has 0 saturated carbocycles. The predicted octanol–water partition coefficient (Wildman–Crippen LogP) is 0.492. The Labute approximate surface area is 103 Å². The molecule has 6 nitrogen and oxygen atoms in total. The minimum absolute atomic E-state index is 0.393. The molecule has 0 radical (unpaired) electrons. The maximum Gasteiger partial charge on any atom is 0.327 e. The smallest absolute Gasteiger partial charge is 0.327 e. The Morgan fingerprint density at radius 3 is 3.18 bits per heavy atom. The largest absolute Gasteiger partial charge is 0.480 e. The Kier molecular flexibility index (Phi) is 3.68. The van der Waals surface area contributed by atoms with Crippen molar-refractivity contribution >= 4 is 23.5 Å². The highest BCUT2D eigenvalue weighted by Gasteiger charge is 2.30. The van der Waals surface area contributed by atoms with E-state index >= 15 is 0 Å². The fourth-order valence-corrected chi connectivity index (χ4v) is 2.70. The number of carboxylic acid groups (broad SMARTS) is 1. The van der Waals surface area contributed by atoms with Gasteiger partial charge in [0.05, 0.1) is 19.5 Å². The van der Waals surface area contributed by atoms with Gasteiger partial charge in [-0.3, -0.25) is 4.98 Å². The van der Waals surface area contributed by atoms with Gasteiger partial charge in [0.25, 0.3) is 0 Å². The number of aliphatic carboxylic acids is 1. The molecule has 2 rings (SSSR count). The van der Waals surface area contributed by atoms with Gasteiger partial charge in [-0.05, 0) is 0 Å². The molecule has 0 bridgehead atoms. The topological polar surface area (TPSA) is 75.5 Å². The van der Waals surface area contributed by atoms with E-state index in [4.69, 9.17) is 9.84 Å². The second-order valence-electron chi connectivity index (χ2n) is 3.54. The molecule has 0 spiro atoms. The van der Waals surface area contributed by atoms with Crippen molar-refractivity contribution in [3.05, 3.63) is 12.4 Å². The molecule has 1 unspecified atom stereocenters. The summed E-state index contributed by atoms with van der Waals surface area (Å²) in [5.41, 5.74) is 0. The zero-order chi connectivity index (χ0) is 12.3.